The number of thioether (sulfide) groups is 1. The van der Waals surface area contributed by atoms with E-state index in [0.717, 1.165) is 11.8 Å². The number of hydrogen-bond donors (Lipinski definition) is 2. The summed E-state index contributed by atoms with van der Waals surface area (Å²) in [6.07, 6.45) is 1.67. The molecule has 3 aromatic rings. The predicted molar refractivity (Wildman–Crippen MR) is 125 cm³/mol. The SMILES string of the molecule is CCOC(=O)c1cnn(-c2ccccc2)c1NC(=O)C(CC)n1c(N)nnc1SCC(=O)OC. The second kappa shape index (κ2) is 11.3. The van der Waals surface area contributed by atoms with E-state index in [9.17, 15) is 14.4 Å². The third kappa shape index (κ3) is 5.36. The van der Waals surface area contributed by atoms with Crippen LogP contribution in [-0.2, 0) is 19.1 Å². The molecule has 2 aromatic heterocycles. The van der Waals surface area contributed by atoms with Gasteiger partial charge in [-0.1, -0.05) is 36.9 Å². The van der Waals surface area contributed by atoms with Crippen molar-refractivity contribution in [3.8, 4) is 5.69 Å². The smallest absolute Gasteiger partial charge is 0.343 e. The predicted octanol–water partition coefficient (Wildman–Crippen LogP) is 2.08. The van der Waals surface area contributed by atoms with Gasteiger partial charge in [0.05, 0.1) is 31.4 Å². The van der Waals surface area contributed by atoms with Gasteiger partial charge in [-0.2, -0.15) is 5.10 Å². The number of benzene rings is 1. The molecule has 1 aromatic carbocycles. The van der Waals surface area contributed by atoms with Crippen LogP contribution < -0.4 is 11.1 Å². The fraction of sp³-hybridized carbons (Fsp3) is 0.333. The molecule has 0 saturated carbocycles. The van der Waals surface area contributed by atoms with Crippen molar-refractivity contribution in [2.75, 3.05) is 30.5 Å². The summed E-state index contributed by atoms with van der Waals surface area (Å²) in [7, 11) is 1.28. The number of anilines is 2. The van der Waals surface area contributed by atoms with Gasteiger partial charge in [-0.3, -0.25) is 14.2 Å². The highest BCUT2D eigenvalue weighted by molar-refractivity contribution is 7.99. The summed E-state index contributed by atoms with van der Waals surface area (Å²) in [6, 6.07) is 8.20. The molecule has 12 nitrogen and oxygen atoms in total. The lowest BCUT2D eigenvalue weighted by molar-refractivity contribution is -0.137. The number of methoxy groups -OCH3 is 1. The number of nitrogens with zero attached hydrogens (tertiary/aromatic N) is 5. The second-order valence-corrected chi connectivity index (χ2v) is 7.81. The van der Waals surface area contributed by atoms with E-state index in [-0.39, 0.29) is 34.8 Å². The Balaban J connectivity index is 1.95. The summed E-state index contributed by atoms with van der Waals surface area (Å²) in [5.41, 5.74) is 6.74. The van der Waals surface area contributed by atoms with Crippen LogP contribution in [0.2, 0.25) is 0 Å². The van der Waals surface area contributed by atoms with E-state index >= 15 is 0 Å². The average molecular weight is 488 g/mol. The maximum Gasteiger partial charge on any atom is 0.343 e. The number of rotatable bonds is 10. The topological polar surface area (TPSA) is 156 Å². The zero-order valence-corrected chi connectivity index (χ0v) is 19.7. The summed E-state index contributed by atoms with van der Waals surface area (Å²) >= 11 is 1.05. The van der Waals surface area contributed by atoms with Crippen molar-refractivity contribution in [2.45, 2.75) is 31.5 Å². The van der Waals surface area contributed by atoms with E-state index in [1.165, 1.54) is 22.6 Å². The minimum atomic E-state index is -0.829. The fourth-order valence-corrected chi connectivity index (χ4v) is 3.96. The molecule has 0 radical (unpaired) electrons. The normalized spacial score (nSPS) is 11.6. The van der Waals surface area contributed by atoms with E-state index in [2.05, 4.69) is 25.3 Å². The third-order valence-corrected chi connectivity index (χ3v) is 5.66. The van der Waals surface area contributed by atoms with Crippen LogP contribution in [0.1, 0.15) is 36.7 Å². The van der Waals surface area contributed by atoms with E-state index in [1.807, 2.05) is 18.2 Å². The van der Waals surface area contributed by atoms with Gasteiger partial charge in [0.15, 0.2) is 11.0 Å². The Hall–Kier alpha value is -3.87. The molecular formula is C21H25N7O5S. The quantitative estimate of drug-likeness (QED) is 0.320. The molecule has 34 heavy (non-hydrogen) atoms. The molecule has 180 valence electrons. The Morgan fingerprint density at radius 2 is 1.91 bits per heavy atom. The number of ether oxygens (including phenoxy) is 2. The van der Waals surface area contributed by atoms with Crippen LogP contribution >= 0.6 is 11.8 Å². The molecule has 3 N–H and O–H groups in total. The molecule has 0 aliphatic carbocycles. The van der Waals surface area contributed by atoms with Crippen LogP contribution in [0.15, 0.2) is 41.7 Å². The van der Waals surface area contributed by atoms with Crippen molar-refractivity contribution in [3.63, 3.8) is 0 Å². The van der Waals surface area contributed by atoms with Crippen molar-refractivity contribution < 1.29 is 23.9 Å². The standard InChI is InChI=1S/C21H25N7O5S/c1-4-15(27-20(22)25-26-21(27)34-12-16(29)32-3)18(30)24-17-14(19(31)33-5-2)11-23-28(17)13-9-7-6-8-10-13/h6-11,15H,4-5,12H2,1-3H3,(H2,22,25)(H,24,30). The molecule has 3 rings (SSSR count). The molecule has 1 atom stereocenters. The van der Waals surface area contributed by atoms with Gasteiger partial charge in [0.2, 0.25) is 11.9 Å². The Morgan fingerprint density at radius 3 is 2.56 bits per heavy atom. The van der Waals surface area contributed by atoms with Crippen molar-refractivity contribution in [1.82, 2.24) is 24.5 Å². The molecule has 0 saturated heterocycles. The monoisotopic (exact) mass is 487 g/mol. The zero-order chi connectivity index (χ0) is 24.7. The second-order valence-electron chi connectivity index (χ2n) is 6.86. The first-order valence-electron chi connectivity index (χ1n) is 10.4. The number of nitrogens with one attached hydrogen (secondary N) is 1. The highest BCUT2D eigenvalue weighted by atomic mass is 32.2. The molecule has 2 heterocycles. The molecule has 0 aliphatic heterocycles. The first-order chi connectivity index (χ1) is 16.4. The maximum atomic E-state index is 13.4. The number of para-hydroxylation sites is 1. The van der Waals surface area contributed by atoms with Crippen molar-refractivity contribution >= 4 is 41.4 Å². The minimum Gasteiger partial charge on any atom is -0.468 e. The molecule has 0 aliphatic rings. The van der Waals surface area contributed by atoms with Gasteiger partial charge >= 0.3 is 11.9 Å². The van der Waals surface area contributed by atoms with E-state index in [4.69, 9.17) is 10.5 Å². The van der Waals surface area contributed by atoms with Crippen LogP contribution in [0.25, 0.3) is 5.69 Å². The summed E-state index contributed by atoms with van der Waals surface area (Å²) in [4.78, 5) is 37.5. The highest BCUT2D eigenvalue weighted by Gasteiger charge is 2.29. The number of carbonyl (C=O) groups excluding carboxylic acids is 3. The molecule has 13 heteroatoms. The van der Waals surface area contributed by atoms with Crippen LogP contribution in [0.4, 0.5) is 11.8 Å². The van der Waals surface area contributed by atoms with Crippen LogP contribution in [-0.4, -0.2) is 61.9 Å². The maximum absolute atomic E-state index is 13.4. The number of nitrogens with two attached hydrogens (primary N) is 1. The van der Waals surface area contributed by atoms with E-state index in [1.54, 1.807) is 26.0 Å². The highest BCUT2D eigenvalue weighted by Crippen LogP contribution is 2.28. The van der Waals surface area contributed by atoms with Gasteiger partial charge in [0, 0.05) is 0 Å². The van der Waals surface area contributed by atoms with Gasteiger partial charge in [0.25, 0.3) is 0 Å². The molecule has 0 spiro atoms. The van der Waals surface area contributed by atoms with Gasteiger partial charge in [-0.05, 0) is 25.5 Å². The summed E-state index contributed by atoms with van der Waals surface area (Å²) < 4.78 is 12.7. The largest absolute Gasteiger partial charge is 0.468 e. The number of nitrogen functional groups attached to an aromatic ring is 1. The first kappa shape index (κ1) is 24.8. The fourth-order valence-electron chi connectivity index (χ4n) is 3.14. The number of hydrogen-bond acceptors (Lipinski definition) is 10. The average Bonchev–Trinajstić information content (AvgIpc) is 3.42. The Morgan fingerprint density at radius 1 is 1.18 bits per heavy atom. The summed E-state index contributed by atoms with van der Waals surface area (Å²) in [5, 5.41) is 15.2. The number of carbonyl (C=O) groups is 3. The summed E-state index contributed by atoms with van der Waals surface area (Å²) in [6.45, 7) is 3.64. The lowest BCUT2D eigenvalue weighted by Crippen LogP contribution is -2.29. The minimum absolute atomic E-state index is 0.0107. The molecule has 1 unspecified atom stereocenters. The van der Waals surface area contributed by atoms with Gasteiger partial charge in [-0.15, -0.1) is 10.2 Å². The lowest BCUT2D eigenvalue weighted by Gasteiger charge is -2.20. The van der Waals surface area contributed by atoms with Crippen molar-refractivity contribution in [2.24, 2.45) is 0 Å². The number of amides is 1. The first-order valence-corrected chi connectivity index (χ1v) is 11.4. The van der Waals surface area contributed by atoms with Crippen LogP contribution in [0.5, 0.6) is 0 Å². The third-order valence-electron chi connectivity index (χ3n) is 4.75. The van der Waals surface area contributed by atoms with Crippen LogP contribution in [0, 0.1) is 0 Å². The van der Waals surface area contributed by atoms with Gasteiger partial charge < -0.3 is 20.5 Å². The summed E-state index contributed by atoms with van der Waals surface area (Å²) in [5.74, 6) is -1.41. The van der Waals surface area contributed by atoms with E-state index in [0.29, 0.717) is 12.1 Å². The molecular weight excluding hydrogens is 462 g/mol. The number of esters is 2. The van der Waals surface area contributed by atoms with Gasteiger partial charge in [-0.25, -0.2) is 9.48 Å². The Labute approximate surface area is 199 Å². The molecule has 1 amide bonds. The zero-order valence-electron chi connectivity index (χ0n) is 18.9. The van der Waals surface area contributed by atoms with Crippen LogP contribution in [0.3, 0.4) is 0 Å². The molecule has 0 bridgehead atoms. The Bertz CT molecular complexity index is 1160. The lowest BCUT2D eigenvalue weighted by atomic mass is 10.2. The van der Waals surface area contributed by atoms with Crippen molar-refractivity contribution in [3.05, 3.63) is 42.1 Å². The Kier molecular flexibility index (Phi) is 8.24. The van der Waals surface area contributed by atoms with E-state index < -0.39 is 23.9 Å². The number of aromatic nitrogens is 5. The van der Waals surface area contributed by atoms with Crippen molar-refractivity contribution in [1.29, 1.82) is 0 Å². The van der Waals surface area contributed by atoms with Gasteiger partial charge in [0.1, 0.15) is 11.6 Å². The molecule has 0 fully saturated rings.